The van der Waals surface area contributed by atoms with Gasteiger partial charge in [0.25, 0.3) is 0 Å². The summed E-state index contributed by atoms with van der Waals surface area (Å²) in [6, 6.07) is 4.00. The Morgan fingerprint density at radius 3 is 2.56 bits per heavy atom. The Bertz CT molecular complexity index is 375. The van der Waals surface area contributed by atoms with Crippen LogP contribution in [0.15, 0.2) is 24.5 Å². The van der Waals surface area contributed by atoms with E-state index in [0.717, 1.165) is 32.6 Å². The van der Waals surface area contributed by atoms with Crippen LogP contribution in [0.3, 0.4) is 0 Å². The van der Waals surface area contributed by atoms with Crippen LogP contribution in [0, 0.1) is 0 Å². The molecule has 0 atom stereocenters. The van der Waals surface area contributed by atoms with E-state index in [1.54, 1.807) is 17.5 Å². The summed E-state index contributed by atoms with van der Waals surface area (Å²) in [6.45, 7) is 5.20. The molecule has 1 aromatic rings. The Labute approximate surface area is 107 Å². The number of hydroxylamine groups is 2. The third kappa shape index (κ3) is 3.43. The van der Waals surface area contributed by atoms with E-state index < -0.39 is 0 Å². The molecule has 0 unspecified atom stereocenters. The second kappa shape index (κ2) is 6.35. The Balaban J connectivity index is 1.80. The van der Waals surface area contributed by atoms with E-state index in [1.165, 1.54) is 5.69 Å². The van der Waals surface area contributed by atoms with E-state index in [-0.39, 0.29) is 5.97 Å². The van der Waals surface area contributed by atoms with E-state index in [2.05, 4.69) is 9.88 Å². The minimum Gasteiger partial charge on any atom is -0.369 e. The van der Waals surface area contributed by atoms with E-state index in [9.17, 15) is 4.79 Å². The van der Waals surface area contributed by atoms with Gasteiger partial charge in [-0.1, -0.05) is 6.92 Å². The molecule has 5 heteroatoms. The molecule has 5 nitrogen and oxygen atoms in total. The first-order valence-electron chi connectivity index (χ1n) is 6.40. The molecule has 0 N–H and O–H groups in total. The maximum Gasteiger partial charge on any atom is 0.325 e. The lowest BCUT2D eigenvalue weighted by atomic mass is 10.3. The van der Waals surface area contributed by atoms with Crippen molar-refractivity contribution in [2.24, 2.45) is 0 Å². The van der Waals surface area contributed by atoms with Crippen molar-refractivity contribution in [3.05, 3.63) is 24.5 Å². The summed E-state index contributed by atoms with van der Waals surface area (Å²) >= 11 is 0. The Kier molecular flexibility index (Phi) is 4.52. The molecule has 1 saturated heterocycles. The number of pyridine rings is 1. The lowest BCUT2D eigenvalue weighted by Gasteiger charge is -2.34. The van der Waals surface area contributed by atoms with Gasteiger partial charge in [-0.15, -0.1) is 5.06 Å². The Morgan fingerprint density at radius 2 is 1.94 bits per heavy atom. The van der Waals surface area contributed by atoms with Gasteiger partial charge in [-0.3, -0.25) is 9.78 Å². The van der Waals surface area contributed by atoms with Crippen LogP contribution in [0.25, 0.3) is 0 Å². The smallest absolute Gasteiger partial charge is 0.325 e. The van der Waals surface area contributed by atoms with Crippen molar-refractivity contribution in [1.82, 2.24) is 10.0 Å². The van der Waals surface area contributed by atoms with Gasteiger partial charge in [-0.25, -0.2) is 0 Å². The lowest BCUT2D eigenvalue weighted by Crippen LogP contribution is -2.47. The number of aromatic nitrogens is 1. The van der Waals surface area contributed by atoms with Crippen LogP contribution in [-0.4, -0.2) is 42.2 Å². The first-order valence-corrected chi connectivity index (χ1v) is 6.40. The zero-order chi connectivity index (χ0) is 12.8. The Hall–Kier alpha value is -1.62. The number of piperazine rings is 1. The topological polar surface area (TPSA) is 45.7 Å². The molecule has 1 fully saturated rings. The number of hydrogen-bond donors (Lipinski definition) is 0. The summed E-state index contributed by atoms with van der Waals surface area (Å²) < 4.78 is 0. The van der Waals surface area contributed by atoms with Gasteiger partial charge in [0.15, 0.2) is 0 Å². The number of carbonyl (C=O) groups is 1. The highest BCUT2D eigenvalue weighted by molar-refractivity contribution is 5.68. The van der Waals surface area contributed by atoms with Gasteiger partial charge in [0.2, 0.25) is 0 Å². The normalized spacial score (nSPS) is 16.6. The van der Waals surface area contributed by atoms with Crippen molar-refractivity contribution < 1.29 is 9.63 Å². The van der Waals surface area contributed by atoms with Gasteiger partial charge in [-0.2, -0.15) is 0 Å². The number of rotatable bonds is 4. The summed E-state index contributed by atoms with van der Waals surface area (Å²) in [5, 5.41) is 1.76. The zero-order valence-electron chi connectivity index (χ0n) is 10.7. The van der Waals surface area contributed by atoms with Crippen LogP contribution in [0.1, 0.15) is 19.8 Å². The van der Waals surface area contributed by atoms with E-state index in [0.29, 0.717) is 6.42 Å². The molecular weight excluding hydrogens is 230 g/mol. The molecule has 0 radical (unpaired) electrons. The highest BCUT2D eigenvalue weighted by Gasteiger charge is 2.19. The van der Waals surface area contributed by atoms with E-state index in [4.69, 9.17) is 4.84 Å². The molecule has 18 heavy (non-hydrogen) atoms. The van der Waals surface area contributed by atoms with E-state index >= 15 is 0 Å². The van der Waals surface area contributed by atoms with Crippen molar-refractivity contribution in [2.45, 2.75) is 19.8 Å². The third-order valence-electron chi connectivity index (χ3n) is 2.95. The van der Waals surface area contributed by atoms with Gasteiger partial charge >= 0.3 is 5.97 Å². The Morgan fingerprint density at radius 1 is 1.28 bits per heavy atom. The largest absolute Gasteiger partial charge is 0.369 e. The fourth-order valence-corrected chi connectivity index (χ4v) is 1.99. The summed E-state index contributed by atoms with van der Waals surface area (Å²) in [5.74, 6) is -0.130. The highest BCUT2D eigenvalue weighted by atomic mass is 16.7. The molecule has 0 bridgehead atoms. The standard InChI is InChI=1S/C13H19N3O2/c1-2-3-13(17)18-16-10-8-15(9-11-16)12-4-6-14-7-5-12/h4-7H,2-3,8-11H2,1H3. The van der Waals surface area contributed by atoms with Crippen LogP contribution < -0.4 is 4.90 Å². The molecule has 0 aliphatic carbocycles. The number of carbonyl (C=O) groups excluding carboxylic acids is 1. The zero-order valence-corrected chi connectivity index (χ0v) is 10.7. The monoisotopic (exact) mass is 249 g/mol. The maximum absolute atomic E-state index is 11.4. The second-order valence-corrected chi connectivity index (χ2v) is 4.33. The molecule has 0 aromatic carbocycles. The lowest BCUT2D eigenvalue weighted by molar-refractivity contribution is -0.191. The molecule has 98 valence electrons. The predicted octanol–water partition coefficient (Wildman–Crippen LogP) is 1.46. The molecular formula is C13H19N3O2. The maximum atomic E-state index is 11.4. The van der Waals surface area contributed by atoms with E-state index in [1.807, 2.05) is 19.1 Å². The minimum absolute atomic E-state index is 0.130. The molecule has 0 saturated carbocycles. The summed E-state index contributed by atoms with van der Waals surface area (Å²) in [5.41, 5.74) is 1.17. The van der Waals surface area contributed by atoms with Crippen LogP contribution in [0.5, 0.6) is 0 Å². The van der Waals surface area contributed by atoms with Crippen molar-refractivity contribution >= 4 is 11.7 Å². The first-order chi connectivity index (χ1) is 8.79. The van der Waals surface area contributed by atoms with Crippen molar-refractivity contribution in [2.75, 3.05) is 31.1 Å². The summed E-state index contributed by atoms with van der Waals surface area (Å²) in [7, 11) is 0. The van der Waals surface area contributed by atoms with Crippen LogP contribution in [0.4, 0.5) is 5.69 Å². The number of hydrogen-bond acceptors (Lipinski definition) is 5. The predicted molar refractivity (Wildman–Crippen MR) is 69.0 cm³/mol. The molecule has 2 heterocycles. The van der Waals surface area contributed by atoms with Gasteiger partial charge < -0.3 is 9.74 Å². The van der Waals surface area contributed by atoms with Gasteiger partial charge in [0.1, 0.15) is 0 Å². The average molecular weight is 249 g/mol. The summed E-state index contributed by atoms with van der Waals surface area (Å²) in [6.07, 6.45) is 4.91. The molecule has 1 aliphatic rings. The van der Waals surface area contributed by atoms with Gasteiger partial charge in [0.05, 0.1) is 13.1 Å². The highest BCUT2D eigenvalue weighted by Crippen LogP contribution is 2.14. The molecule has 1 aromatic heterocycles. The second-order valence-electron chi connectivity index (χ2n) is 4.33. The molecule has 0 spiro atoms. The average Bonchev–Trinajstić information content (AvgIpc) is 2.41. The van der Waals surface area contributed by atoms with Crippen LogP contribution >= 0.6 is 0 Å². The van der Waals surface area contributed by atoms with Crippen molar-refractivity contribution in [3.63, 3.8) is 0 Å². The van der Waals surface area contributed by atoms with Crippen LogP contribution in [-0.2, 0) is 9.63 Å². The molecule has 1 aliphatic heterocycles. The fourth-order valence-electron chi connectivity index (χ4n) is 1.99. The number of nitrogens with zero attached hydrogens (tertiary/aromatic N) is 3. The van der Waals surface area contributed by atoms with Gasteiger partial charge in [-0.05, 0) is 18.6 Å². The first kappa shape index (κ1) is 12.8. The summed E-state index contributed by atoms with van der Waals surface area (Å²) in [4.78, 5) is 22.9. The molecule has 2 rings (SSSR count). The van der Waals surface area contributed by atoms with Crippen molar-refractivity contribution in [3.8, 4) is 0 Å². The minimum atomic E-state index is -0.130. The fraction of sp³-hybridized carbons (Fsp3) is 0.538. The van der Waals surface area contributed by atoms with Crippen LogP contribution in [0.2, 0.25) is 0 Å². The quantitative estimate of drug-likeness (QED) is 0.808. The molecule has 0 amide bonds. The SMILES string of the molecule is CCCC(=O)ON1CCN(c2ccncc2)CC1. The number of anilines is 1. The third-order valence-corrected chi connectivity index (χ3v) is 2.95. The van der Waals surface area contributed by atoms with Gasteiger partial charge in [0, 0.05) is 37.6 Å². The van der Waals surface area contributed by atoms with Crippen molar-refractivity contribution in [1.29, 1.82) is 0 Å².